The molecule has 2 aromatic carbocycles. The van der Waals surface area contributed by atoms with Gasteiger partial charge in [-0.1, -0.05) is 22.0 Å². The van der Waals surface area contributed by atoms with E-state index in [1.807, 2.05) is 12.1 Å². The molecular formula is C20H17BrN2O6. The molecule has 0 aromatic heterocycles. The van der Waals surface area contributed by atoms with Gasteiger partial charge in [-0.05, 0) is 36.4 Å². The maximum absolute atomic E-state index is 12.2. The first kappa shape index (κ1) is 20.5. The molecule has 0 saturated heterocycles. The normalized spacial score (nSPS) is 15.4. The van der Waals surface area contributed by atoms with E-state index in [2.05, 4.69) is 21.0 Å². The minimum atomic E-state index is -1.00. The van der Waals surface area contributed by atoms with E-state index in [-0.39, 0.29) is 23.3 Å². The average molecular weight is 461 g/mol. The van der Waals surface area contributed by atoms with Crippen molar-refractivity contribution in [3.05, 3.63) is 58.1 Å². The molecule has 9 heteroatoms. The highest BCUT2D eigenvalue weighted by Gasteiger charge is 2.36. The van der Waals surface area contributed by atoms with E-state index in [0.717, 1.165) is 9.48 Å². The zero-order chi connectivity index (χ0) is 21.1. The Morgan fingerprint density at radius 1 is 1.00 bits per heavy atom. The minimum absolute atomic E-state index is 0.0151. The lowest BCUT2D eigenvalue weighted by Crippen LogP contribution is -2.26. The summed E-state index contributed by atoms with van der Waals surface area (Å²) in [4.78, 5) is 35.3. The van der Waals surface area contributed by atoms with Gasteiger partial charge >= 0.3 is 11.9 Å². The summed E-state index contributed by atoms with van der Waals surface area (Å²) in [6, 6.07) is 11.9. The van der Waals surface area contributed by atoms with Gasteiger partial charge in [-0.15, -0.1) is 5.10 Å². The average Bonchev–Trinajstić information content (AvgIpc) is 3.08. The highest BCUT2D eigenvalue weighted by Crippen LogP contribution is 2.41. The summed E-state index contributed by atoms with van der Waals surface area (Å²) in [6.07, 6.45) is -1.00. The first-order valence-electron chi connectivity index (χ1n) is 8.57. The number of halogens is 1. The minimum Gasteiger partial charge on any atom is -0.446 e. The fraction of sp³-hybridized carbons (Fsp3) is 0.200. The van der Waals surface area contributed by atoms with Gasteiger partial charge in [0.2, 0.25) is 18.0 Å². The molecule has 1 amide bonds. The van der Waals surface area contributed by atoms with Crippen LogP contribution in [0.1, 0.15) is 38.1 Å². The highest BCUT2D eigenvalue weighted by molar-refractivity contribution is 9.10. The van der Waals surface area contributed by atoms with Crippen LogP contribution in [0.2, 0.25) is 0 Å². The van der Waals surface area contributed by atoms with Crippen molar-refractivity contribution in [2.24, 2.45) is 5.10 Å². The van der Waals surface area contributed by atoms with Crippen molar-refractivity contribution < 1.29 is 28.6 Å². The van der Waals surface area contributed by atoms with Crippen molar-refractivity contribution in [3.8, 4) is 11.5 Å². The van der Waals surface area contributed by atoms with Crippen molar-refractivity contribution in [3.63, 3.8) is 0 Å². The first-order valence-corrected chi connectivity index (χ1v) is 9.36. The zero-order valence-electron chi connectivity index (χ0n) is 15.8. The second kappa shape index (κ2) is 8.44. The number of nitrogens with zero attached hydrogens (tertiary/aromatic N) is 2. The topological polar surface area (TPSA) is 94.5 Å². The molecule has 1 atom stereocenters. The fourth-order valence-electron chi connectivity index (χ4n) is 2.69. The maximum Gasteiger partial charge on any atom is 0.308 e. The smallest absolute Gasteiger partial charge is 0.308 e. The number of carbonyl (C=O) groups is 3. The summed E-state index contributed by atoms with van der Waals surface area (Å²) in [6.45, 7) is 3.79. The fourth-order valence-corrected chi connectivity index (χ4v) is 2.96. The molecule has 0 unspecified atom stereocenters. The molecule has 3 rings (SSSR count). The summed E-state index contributed by atoms with van der Waals surface area (Å²) in [5.74, 6) is -1.34. The van der Waals surface area contributed by atoms with E-state index in [1.165, 1.54) is 26.8 Å². The van der Waals surface area contributed by atoms with Gasteiger partial charge in [-0.2, -0.15) is 5.01 Å². The van der Waals surface area contributed by atoms with E-state index in [4.69, 9.17) is 14.2 Å². The van der Waals surface area contributed by atoms with E-state index in [0.29, 0.717) is 11.1 Å². The summed E-state index contributed by atoms with van der Waals surface area (Å²) in [5, 5.41) is 5.41. The lowest BCUT2D eigenvalue weighted by molar-refractivity contribution is -0.136. The molecule has 29 heavy (non-hydrogen) atoms. The number of rotatable bonds is 4. The molecule has 0 radical (unpaired) electrons. The number of hydrogen-bond donors (Lipinski definition) is 0. The largest absolute Gasteiger partial charge is 0.446 e. The SMILES string of the molecule is CC(=O)Oc1cccc([C@H]2OC(c3ccc(Br)cc3)=NN2C(C)=O)c1OC(C)=O. The number of carbonyl (C=O) groups excluding carboxylic acids is 3. The van der Waals surface area contributed by atoms with Crippen LogP contribution in [0.15, 0.2) is 52.0 Å². The Balaban J connectivity index is 2.04. The van der Waals surface area contributed by atoms with Gasteiger partial charge in [0.25, 0.3) is 0 Å². The van der Waals surface area contributed by atoms with E-state index >= 15 is 0 Å². The Hall–Kier alpha value is -3.20. The molecule has 0 N–H and O–H groups in total. The standard InChI is InChI=1S/C20H17BrN2O6/c1-11(24)23-20(29-19(22-23)14-7-9-15(21)10-8-14)16-5-4-6-17(27-12(2)25)18(16)28-13(3)26/h4-10,20H,1-3H3/t20-/m1/s1. The van der Waals surface area contributed by atoms with Crippen LogP contribution in [0.25, 0.3) is 0 Å². The number of hydrazone groups is 1. The second-order valence-electron chi connectivity index (χ2n) is 6.11. The van der Waals surface area contributed by atoms with Gasteiger partial charge in [0.05, 0.1) is 5.56 Å². The predicted octanol–water partition coefficient (Wildman–Crippen LogP) is 3.54. The van der Waals surface area contributed by atoms with Crippen LogP contribution in [0.4, 0.5) is 0 Å². The van der Waals surface area contributed by atoms with Crippen LogP contribution in [0.5, 0.6) is 11.5 Å². The van der Waals surface area contributed by atoms with Crippen LogP contribution < -0.4 is 9.47 Å². The third-order valence-electron chi connectivity index (χ3n) is 3.83. The lowest BCUT2D eigenvalue weighted by Gasteiger charge is -2.22. The number of benzene rings is 2. The van der Waals surface area contributed by atoms with Crippen LogP contribution >= 0.6 is 15.9 Å². The molecule has 0 saturated carbocycles. The number of hydrogen-bond acceptors (Lipinski definition) is 7. The summed E-state index contributed by atoms with van der Waals surface area (Å²) < 4.78 is 17.3. The summed E-state index contributed by atoms with van der Waals surface area (Å²) >= 11 is 3.36. The summed E-state index contributed by atoms with van der Waals surface area (Å²) in [7, 11) is 0. The van der Waals surface area contributed by atoms with E-state index in [1.54, 1.807) is 24.3 Å². The van der Waals surface area contributed by atoms with Crippen LogP contribution in [-0.2, 0) is 19.1 Å². The van der Waals surface area contributed by atoms with Crippen molar-refractivity contribution in [1.82, 2.24) is 5.01 Å². The number of esters is 2. The molecule has 2 aromatic rings. The Kier molecular flexibility index (Phi) is 5.97. The molecule has 0 bridgehead atoms. The lowest BCUT2D eigenvalue weighted by atomic mass is 10.1. The van der Waals surface area contributed by atoms with Gasteiger partial charge in [-0.3, -0.25) is 14.4 Å². The third kappa shape index (κ3) is 4.62. The van der Waals surface area contributed by atoms with Gasteiger partial charge in [0, 0.05) is 30.8 Å². The Morgan fingerprint density at radius 2 is 1.66 bits per heavy atom. The quantitative estimate of drug-likeness (QED) is 0.511. The maximum atomic E-state index is 12.2. The number of amides is 1. The van der Waals surface area contributed by atoms with Crippen molar-refractivity contribution >= 4 is 39.7 Å². The second-order valence-corrected chi connectivity index (χ2v) is 7.02. The Labute approximate surface area is 175 Å². The molecular weight excluding hydrogens is 444 g/mol. The zero-order valence-corrected chi connectivity index (χ0v) is 17.4. The van der Waals surface area contributed by atoms with Crippen LogP contribution in [0, 0.1) is 0 Å². The molecule has 0 aliphatic carbocycles. The molecule has 8 nitrogen and oxygen atoms in total. The molecule has 150 valence electrons. The first-order chi connectivity index (χ1) is 13.8. The Bertz CT molecular complexity index is 1000. The van der Waals surface area contributed by atoms with Gasteiger partial charge in [0.1, 0.15) is 0 Å². The van der Waals surface area contributed by atoms with Gasteiger partial charge < -0.3 is 14.2 Å². The van der Waals surface area contributed by atoms with Crippen molar-refractivity contribution in [1.29, 1.82) is 0 Å². The van der Waals surface area contributed by atoms with Crippen molar-refractivity contribution in [2.75, 3.05) is 0 Å². The predicted molar refractivity (Wildman–Crippen MR) is 106 cm³/mol. The Morgan fingerprint density at radius 3 is 2.24 bits per heavy atom. The molecule has 0 fully saturated rings. The van der Waals surface area contributed by atoms with Crippen LogP contribution in [0.3, 0.4) is 0 Å². The number of para-hydroxylation sites is 1. The highest BCUT2D eigenvalue weighted by atomic mass is 79.9. The van der Waals surface area contributed by atoms with Crippen LogP contribution in [-0.4, -0.2) is 28.8 Å². The molecule has 1 heterocycles. The van der Waals surface area contributed by atoms with Gasteiger partial charge in [-0.25, -0.2) is 0 Å². The molecule has 1 aliphatic heterocycles. The van der Waals surface area contributed by atoms with E-state index in [9.17, 15) is 14.4 Å². The van der Waals surface area contributed by atoms with Gasteiger partial charge in [0.15, 0.2) is 11.5 Å². The monoisotopic (exact) mass is 460 g/mol. The van der Waals surface area contributed by atoms with E-state index < -0.39 is 18.2 Å². The van der Waals surface area contributed by atoms with Crippen molar-refractivity contribution in [2.45, 2.75) is 27.0 Å². The molecule has 0 spiro atoms. The molecule has 1 aliphatic rings. The summed E-state index contributed by atoms with van der Waals surface area (Å²) in [5.41, 5.74) is 0.970. The third-order valence-corrected chi connectivity index (χ3v) is 4.36. The number of ether oxygens (including phenoxy) is 3.